The van der Waals surface area contributed by atoms with Gasteiger partial charge in [0.25, 0.3) is 0 Å². The number of rotatable bonds is 9. The van der Waals surface area contributed by atoms with Crippen LogP contribution in [0.5, 0.6) is 0 Å². The predicted molar refractivity (Wildman–Crippen MR) is 150 cm³/mol. The van der Waals surface area contributed by atoms with E-state index in [0.717, 1.165) is 42.7 Å². The van der Waals surface area contributed by atoms with Crippen molar-refractivity contribution in [3.05, 3.63) is 62.1 Å². The predicted octanol–water partition coefficient (Wildman–Crippen LogP) is 5.93. The Hall–Kier alpha value is -1.71. The molecule has 37 heavy (non-hydrogen) atoms. The maximum atomic E-state index is 13.7. The number of carbonyl (C=O) groups excluding carboxylic acids is 2. The number of anilines is 1. The molecule has 1 fully saturated rings. The molecule has 2 amide bonds. The normalized spacial score (nSPS) is 15.2. The monoisotopic (exact) mass is 607 g/mol. The molecule has 3 rings (SSSR count). The van der Waals surface area contributed by atoms with Gasteiger partial charge in [-0.25, -0.2) is 8.42 Å². The molecule has 0 unspecified atom stereocenters. The van der Waals surface area contributed by atoms with Crippen LogP contribution in [-0.4, -0.2) is 50.0 Å². The summed E-state index contributed by atoms with van der Waals surface area (Å²) in [6.45, 7) is 0.886. The Balaban J connectivity index is 1.95. The van der Waals surface area contributed by atoms with Gasteiger partial charge in [0.1, 0.15) is 12.6 Å². The molecular formula is C25H29Cl4N3O4S. The van der Waals surface area contributed by atoms with Gasteiger partial charge in [-0.15, -0.1) is 0 Å². The Labute approximate surface area is 238 Å². The Bertz CT molecular complexity index is 1230. The first kappa shape index (κ1) is 29.8. The highest BCUT2D eigenvalue weighted by Gasteiger charge is 2.32. The first-order valence-corrected chi connectivity index (χ1v) is 15.2. The van der Waals surface area contributed by atoms with Gasteiger partial charge in [0.2, 0.25) is 21.8 Å². The van der Waals surface area contributed by atoms with Gasteiger partial charge in [-0.1, -0.05) is 77.8 Å². The standard InChI is InChI=1S/C25H29Cl4N3O4S/c1-16(25(34)30-17-8-4-3-5-9-17)31(14-18-19(26)10-6-11-20(18)27)23(33)15-32(37(2,35)36)22-13-7-12-21(28)24(22)29/h6-7,10-13,16-17H,3-5,8-9,14-15H2,1-2H3,(H,30,34)/t16-/m0/s1. The highest BCUT2D eigenvalue weighted by Crippen LogP contribution is 2.34. The van der Waals surface area contributed by atoms with Gasteiger partial charge in [0.15, 0.2) is 0 Å². The van der Waals surface area contributed by atoms with Gasteiger partial charge in [0, 0.05) is 28.2 Å². The summed E-state index contributed by atoms with van der Waals surface area (Å²) in [6.07, 6.45) is 5.90. The van der Waals surface area contributed by atoms with Gasteiger partial charge in [-0.05, 0) is 44.0 Å². The van der Waals surface area contributed by atoms with Crippen LogP contribution in [0, 0.1) is 0 Å². The van der Waals surface area contributed by atoms with Crippen LogP contribution in [0.25, 0.3) is 0 Å². The summed E-state index contributed by atoms with van der Waals surface area (Å²) in [5.74, 6) is -0.973. The molecule has 0 spiro atoms. The van der Waals surface area contributed by atoms with Crippen molar-refractivity contribution in [2.45, 2.75) is 57.7 Å². The topological polar surface area (TPSA) is 86.8 Å². The fourth-order valence-electron chi connectivity index (χ4n) is 4.28. The van der Waals surface area contributed by atoms with Gasteiger partial charge >= 0.3 is 0 Å². The zero-order valence-electron chi connectivity index (χ0n) is 20.5. The van der Waals surface area contributed by atoms with Gasteiger partial charge in [0.05, 0.1) is 22.0 Å². The number of hydrogen-bond donors (Lipinski definition) is 1. The summed E-state index contributed by atoms with van der Waals surface area (Å²) in [7, 11) is -3.95. The molecule has 1 aliphatic rings. The zero-order valence-corrected chi connectivity index (χ0v) is 24.4. The molecule has 0 aliphatic heterocycles. The number of carbonyl (C=O) groups is 2. The second-order valence-electron chi connectivity index (χ2n) is 9.08. The molecule has 1 N–H and O–H groups in total. The van der Waals surface area contributed by atoms with Crippen LogP contribution >= 0.6 is 46.4 Å². The molecule has 0 bridgehead atoms. The molecule has 12 heteroatoms. The lowest BCUT2D eigenvalue weighted by atomic mass is 9.95. The van der Waals surface area contributed by atoms with Crippen molar-refractivity contribution in [3.8, 4) is 0 Å². The molecule has 202 valence electrons. The molecule has 1 saturated carbocycles. The van der Waals surface area contributed by atoms with Crippen LogP contribution in [0.3, 0.4) is 0 Å². The fourth-order valence-corrected chi connectivity index (χ4v) is 6.10. The number of hydrogen-bond acceptors (Lipinski definition) is 4. The molecule has 0 saturated heterocycles. The van der Waals surface area contributed by atoms with Crippen molar-refractivity contribution in [3.63, 3.8) is 0 Å². The number of sulfonamides is 1. The summed E-state index contributed by atoms with van der Waals surface area (Å²) < 4.78 is 26.3. The van der Waals surface area contributed by atoms with Gasteiger partial charge in [-0.2, -0.15) is 0 Å². The second-order valence-corrected chi connectivity index (χ2v) is 12.6. The summed E-state index contributed by atoms with van der Waals surface area (Å²) >= 11 is 25.1. The third kappa shape index (κ3) is 7.67. The highest BCUT2D eigenvalue weighted by molar-refractivity contribution is 7.92. The number of amides is 2. The Kier molecular flexibility index (Phi) is 10.4. The minimum Gasteiger partial charge on any atom is -0.352 e. The van der Waals surface area contributed by atoms with E-state index in [1.165, 1.54) is 23.1 Å². The third-order valence-electron chi connectivity index (χ3n) is 6.39. The fraction of sp³-hybridized carbons (Fsp3) is 0.440. The Morgan fingerprint density at radius 3 is 2.14 bits per heavy atom. The lowest BCUT2D eigenvalue weighted by Crippen LogP contribution is -2.53. The van der Waals surface area contributed by atoms with Crippen LogP contribution in [0.2, 0.25) is 20.1 Å². The van der Waals surface area contributed by atoms with Crippen molar-refractivity contribution in [2.75, 3.05) is 17.1 Å². The quantitative estimate of drug-likeness (QED) is 0.382. The molecular weight excluding hydrogens is 580 g/mol. The van der Waals surface area contributed by atoms with Crippen molar-refractivity contribution in [1.82, 2.24) is 10.2 Å². The average molecular weight is 609 g/mol. The molecule has 2 aromatic rings. The lowest BCUT2D eigenvalue weighted by molar-refractivity contribution is -0.139. The smallest absolute Gasteiger partial charge is 0.244 e. The molecule has 0 heterocycles. The average Bonchev–Trinajstić information content (AvgIpc) is 2.84. The summed E-state index contributed by atoms with van der Waals surface area (Å²) in [5, 5.41) is 3.81. The largest absolute Gasteiger partial charge is 0.352 e. The van der Waals surface area contributed by atoms with E-state index in [9.17, 15) is 18.0 Å². The first-order chi connectivity index (χ1) is 17.4. The minimum atomic E-state index is -3.95. The van der Waals surface area contributed by atoms with Crippen LogP contribution < -0.4 is 9.62 Å². The van der Waals surface area contributed by atoms with Crippen molar-refractivity contribution >= 4 is 73.9 Å². The molecule has 7 nitrogen and oxygen atoms in total. The maximum absolute atomic E-state index is 13.7. The Morgan fingerprint density at radius 2 is 1.54 bits per heavy atom. The summed E-state index contributed by atoms with van der Waals surface area (Å²) in [4.78, 5) is 28.2. The number of halogens is 4. The van der Waals surface area contributed by atoms with E-state index in [2.05, 4.69) is 5.32 Å². The number of nitrogens with zero attached hydrogens (tertiary/aromatic N) is 2. The van der Waals surface area contributed by atoms with Gasteiger partial charge in [-0.3, -0.25) is 13.9 Å². The van der Waals surface area contributed by atoms with E-state index < -0.39 is 28.5 Å². The number of nitrogens with one attached hydrogen (secondary N) is 1. The van der Waals surface area contributed by atoms with Crippen LogP contribution in [0.15, 0.2) is 36.4 Å². The number of benzene rings is 2. The van der Waals surface area contributed by atoms with Crippen molar-refractivity contribution < 1.29 is 18.0 Å². The highest BCUT2D eigenvalue weighted by atomic mass is 35.5. The maximum Gasteiger partial charge on any atom is 0.244 e. The first-order valence-electron chi connectivity index (χ1n) is 11.8. The van der Waals surface area contributed by atoms with Crippen LogP contribution in [0.4, 0.5) is 5.69 Å². The van der Waals surface area contributed by atoms with E-state index in [0.29, 0.717) is 15.6 Å². The lowest BCUT2D eigenvalue weighted by Gasteiger charge is -2.33. The summed E-state index contributed by atoms with van der Waals surface area (Å²) in [6, 6.07) is 8.54. The minimum absolute atomic E-state index is 0.00817. The summed E-state index contributed by atoms with van der Waals surface area (Å²) in [5.41, 5.74) is 0.503. The SMILES string of the molecule is C[C@@H](C(=O)NC1CCCCC1)N(Cc1c(Cl)cccc1Cl)C(=O)CN(c1cccc(Cl)c1Cl)S(C)(=O)=O. The van der Waals surface area contributed by atoms with E-state index >= 15 is 0 Å². The van der Waals surface area contributed by atoms with E-state index in [1.807, 2.05) is 0 Å². The Morgan fingerprint density at radius 1 is 0.973 bits per heavy atom. The zero-order chi connectivity index (χ0) is 27.3. The van der Waals surface area contributed by atoms with Gasteiger partial charge < -0.3 is 10.2 Å². The van der Waals surface area contributed by atoms with Crippen molar-refractivity contribution in [1.29, 1.82) is 0 Å². The van der Waals surface area contributed by atoms with E-state index in [1.54, 1.807) is 25.1 Å². The molecule has 2 aromatic carbocycles. The van der Waals surface area contributed by atoms with E-state index in [4.69, 9.17) is 46.4 Å². The molecule has 0 aromatic heterocycles. The molecule has 0 radical (unpaired) electrons. The molecule has 1 aliphatic carbocycles. The van der Waals surface area contributed by atoms with Crippen LogP contribution in [-0.2, 0) is 26.2 Å². The molecule has 1 atom stereocenters. The van der Waals surface area contributed by atoms with Crippen molar-refractivity contribution in [2.24, 2.45) is 0 Å². The van der Waals surface area contributed by atoms with E-state index in [-0.39, 0.29) is 34.2 Å². The van der Waals surface area contributed by atoms with Crippen LogP contribution in [0.1, 0.15) is 44.6 Å². The third-order valence-corrected chi connectivity index (χ3v) is 9.03. The second kappa shape index (κ2) is 12.9.